The first-order valence-corrected chi connectivity index (χ1v) is 7.72. The fourth-order valence-corrected chi connectivity index (χ4v) is 2.71. The summed E-state index contributed by atoms with van der Waals surface area (Å²) in [5.41, 5.74) is 2.36. The van der Waals surface area contributed by atoms with Crippen molar-refractivity contribution in [3.8, 4) is 5.75 Å². The molecule has 0 spiro atoms. The van der Waals surface area contributed by atoms with Crippen molar-refractivity contribution < 1.29 is 4.74 Å². The van der Waals surface area contributed by atoms with Crippen LogP contribution in [-0.4, -0.2) is 6.61 Å². The van der Waals surface area contributed by atoms with Gasteiger partial charge in [0.05, 0.1) is 6.61 Å². The van der Waals surface area contributed by atoms with Gasteiger partial charge in [-0.2, -0.15) is 0 Å². The lowest BCUT2D eigenvalue weighted by atomic mass is 10.0. The van der Waals surface area contributed by atoms with Crippen molar-refractivity contribution in [1.29, 1.82) is 0 Å². The van der Waals surface area contributed by atoms with Gasteiger partial charge in [0, 0.05) is 17.1 Å². The first kappa shape index (κ1) is 15.9. The lowest BCUT2D eigenvalue weighted by molar-refractivity contribution is 0.340. The van der Waals surface area contributed by atoms with Crippen molar-refractivity contribution in [2.24, 2.45) is 0 Å². The number of rotatable bonds is 6. The van der Waals surface area contributed by atoms with Gasteiger partial charge >= 0.3 is 0 Å². The minimum Gasteiger partial charge on any atom is -0.494 e. The normalized spacial score (nSPS) is 13.7. The summed E-state index contributed by atoms with van der Waals surface area (Å²) in [4.78, 5) is 0. The maximum Gasteiger partial charge on any atom is 0.119 e. The Hall–Kier alpha value is -1.51. The maximum atomic E-state index is 6.25. The molecule has 2 aromatic rings. The molecule has 0 amide bonds. The Balaban J connectivity index is 2.03. The number of hydrogen-bond donors (Lipinski definition) is 1. The zero-order valence-electron chi connectivity index (χ0n) is 12.8. The highest BCUT2D eigenvalue weighted by Gasteiger charge is 2.13. The average molecular weight is 304 g/mol. The summed E-state index contributed by atoms with van der Waals surface area (Å²) in [6.07, 6.45) is 0. The molecule has 1 N–H and O–H groups in total. The van der Waals surface area contributed by atoms with Crippen LogP contribution in [0, 0.1) is 0 Å². The summed E-state index contributed by atoms with van der Waals surface area (Å²) in [7, 11) is 0. The van der Waals surface area contributed by atoms with Crippen molar-refractivity contribution in [3.05, 3.63) is 64.7 Å². The Labute approximate surface area is 132 Å². The lowest BCUT2D eigenvalue weighted by Gasteiger charge is -2.21. The Kier molecular flexibility index (Phi) is 5.66. The third-order valence-corrected chi connectivity index (χ3v) is 3.91. The largest absolute Gasteiger partial charge is 0.494 e. The van der Waals surface area contributed by atoms with Gasteiger partial charge in [0.15, 0.2) is 0 Å². The van der Waals surface area contributed by atoms with E-state index >= 15 is 0 Å². The predicted octanol–water partition coefficient (Wildman–Crippen LogP) is 5.15. The number of hydrogen-bond acceptors (Lipinski definition) is 2. The first-order valence-electron chi connectivity index (χ1n) is 7.35. The van der Waals surface area contributed by atoms with Crippen molar-refractivity contribution >= 4 is 11.6 Å². The predicted molar refractivity (Wildman–Crippen MR) is 89.0 cm³/mol. The third-order valence-electron chi connectivity index (χ3n) is 3.56. The second kappa shape index (κ2) is 7.48. The molecule has 0 aliphatic carbocycles. The van der Waals surface area contributed by atoms with Gasteiger partial charge in [-0.3, -0.25) is 0 Å². The van der Waals surface area contributed by atoms with Crippen LogP contribution in [0.1, 0.15) is 44.0 Å². The summed E-state index contributed by atoms with van der Waals surface area (Å²) in [5, 5.41) is 4.38. The maximum absolute atomic E-state index is 6.25. The van der Waals surface area contributed by atoms with Crippen LogP contribution in [0.4, 0.5) is 0 Å². The van der Waals surface area contributed by atoms with Crippen molar-refractivity contribution in [2.75, 3.05) is 6.61 Å². The van der Waals surface area contributed by atoms with Crippen molar-refractivity contribution in [1.82, 2.24) is 5.32 Å². The van der Waals surface area contributed by atoms with E-state index in [1.54, 1.807) is 0 Å². The van der Waals surface area contributed by atoms with Gasteiger partial charge in [0.2, 0.25) is 0 Å². The number of benzene rings is 2. The molecule has 0 aliphatic rings. The molecule has 2 aromatic carbocycles. The Morgan fingerprint density at radius 3 is 2.29 bits per heavy atom. The van der Waals surface area contributed by atoms with Crippen LogP contribution < -0.4 is 10.1 Å². The second-order valence-electron chi connectivity index (χ2n) is 5.13. The van der Waals surface area contributed by atoms with E-state index in [9.17, 15) is 0 Å². The van der Waals surface area contributed by atoms with E-state index in [-0.39, 0.29) is 12.1 Å². The third kappa shape index (κ3) is 4.23. The molecule has 0 heterocycles. The van der Waals surface area contributed by atoms with E-state index in [2.05, 4.69) is 37.4 Å². The van der Waals surface area contributed by atoms with Gasteiger partial charge in [-0.15, -0.1) is 0 Å². The summed E-state index contributed by atoms with van der Waals surface area (Å²) in [5.74, 6) is 0.910. The van der Waals surface area contributed by atoms with Gasteiger partial charge in [0.1, 0.15) is 5.75 Å². The van der Waals surface area contributed by atoms with Gasteiger partial charge in [0.25, 0.3) is 0 Å². The average Bonchev–Trinajstić information content (AvgIpc) is 2.48. The molecule has 0 saturated heterocycles. The Morgan fingerprint density at radius 1 is 1.00 bits per heavy atom. The quantitative estimate of drug-likeness (QED) is 0.796. The molecule has 0 fully saturated rings. The highest BCUT2D eigenvalue weighted by atomic mass is 35.5. The summed E-state index contributed by atoms with van der Waals surface area (Å²) >= 11 is 6.25. The second-order valence-corrected chi connectivity index (χ2v) is 5.54. The molecule has 0 aliphatic heterocycles. The number of halogens is 1. The Bertz CT molecular complexity index is 568. The molecule has 112 valence electrons. The van der Waals surface area contributed by atoms with Crippen LogP contribution in [-0.2, 0) is 0 Å². The number of ether oxygens (including phenoxy) is 1. The van der Waals surface area contributed by atoms with E-state index in [4.69, 9.17) is 16.3 Å². The molecule has 2 nitrogen and oxygen atoms in total. The molecule has 2 rings (SSSR count). The van der Waals surface area contributed by atoms with Crippen LogP contribution in [0.3, 0.4) is 0 Å². The monoisotopic (exact) mass is 303 g/mol. The molecule has 1 unspecified atom stereocenters. The van der Waals surface area contributed by atoms with Crippen LogP contribution >= 0.6 is 11.6 Å². The zero-order chi connectivity index (χ0) is 15.2. The molecule has 0 bridgehead atoms. The van der Waals surface area contributed by atoms with Gasteiger partial charge in [-0.1, -0.05) is 41.9 Å². The topological polar surface area (TPSA) is 21.3 Å². The van der Waals surface area contributed by atoms with Crippen molar-refractivity contribution in [3.63, 3.8) is 0 Å². The van der Waals surface area contributed by atoms with E-state index in [1.807, 2.05) is 37.3 Å². The molecular weight excluding hydrogens is 282 g/mol. The summed E-state index contributed by atoms with van der Waals surface area (Å²) < 4.78 is 5.47. The molecule has 0 radical (unpaired) electrons. The first-order chi connectivity index (χ1) is 10.1. The summed E-state index contributed by atoms with van der Waals surface area (Å²) in [6, 6.07) is 16.6. The minimum atomic E-state index is 0.195. The van der Waals surface area contributed by atoms with E-state index in [0.29, 0.717) is 6.61 Å². The Morgan fingerprint density at radius 2 is 1.67 bits per heavy atom. The van der Waals surface area contributed by atoms with Crippen LogP contribution in [0.5, 0.6) is 5.75 Å². The molecule has 0 aromatic heterocycles. The molecule has 0 saturated carbocycles. The van der Waals surface area contributed by atoms with Crippen LogP contribution in [0.2, 0.25) is 5.02 Å². The molecule has 3 heteroatoms. The SMILES string of the molecule is CCOc1ccc(C(C)N[C@@H](C)c2ccccc2Cl)cc1. The van der Waals surface area contributed by atoms with Crippen LogP contribution in [0.15, 0.2) is 48.5 Å². The fraction of sp³-hybridized carbons (Fsp3) is 0.333. The summed E-state index contributed by atoms with van der Waals surface area (Å²) in [6.45, 7) is 6.97. The van der Waals surface area contributed by atoms with Gasteiger partial charge < -0.3 is 10.1 Å². The van der Waals surface area contributed by atoms with Gasteiger partial charge in [-0.05, 0) is 50.1 Å². The molecular formula is C18H22ClNO. The molecule has 21 heavy (non-hydrogen) atoms. The van der Waals surface area contributed by atoms with E-state index in [1.165, 1.54) is 5.56 Å². The standard InChI is InChI=1S/C18H22ClNO/c1-4-21-16-11-9-15(10-12-16)13(2)20-14(3)17-7-5-6-8-18(17)19/h5-14,20H,4H2,1-3H3/t13?,14-/m0/s1. The smallest absolute Gasteiger partial charge is 0.119 e. The minimum absolute atomic E-state index is 0.195. The van der Waals surface area contributed by atoms with Gasteiger partial charge in [-0.25, -0.2) is 0 Å². The lowest BCUT2D eigenvalue weighted by Crippen LogP contribution is -2.22. The fourth-order valence-electron chi connectivity index (χ4n) is 2.41. The zero-order valence-corrected chi connectivity index (χ0v) is 13.5. The van der Waals surface area contributed by atoms with Crippen molar-refractivity contribution in [2.45, 2.75) is 32.9 Å². The van der Waals surface area contributed by atoms with E-state index < -0.39 is 0 Å². The van der Waals surface area contributed by atoms with E-state index in [0.717, 1.165) is 16.3 Å². The number of nitrogens with one attached hydrogen (secondary N) is 1. The molecule has 2 atom stereocenters. The highest BCUT2D eigenvalue weighted by Crippen LogP contribution is 2.25. The van der Waals surface area contributed by atoms with Crippen LogP contribution in [0.25, 0.3) is 0 Å². The highest BCUT2D eigenvalue weighted by molar-refractivity contribution is 6.31.